The van der Waals surface area contributed by atoms with Crippen LogP contribution >= 0.6 is 23.5 Å². The van der Waals surface area contributed by atoms with Crippen LogP contribution in [0.5, 0.6) is 0 Å². The van der Waals surface area contributed by atoms with Crippen LogP contribution in [0.25, 0.3) is 32.9 Å². The van der Waals surface area contributed by atoms with Gasteiger partial charge in [0.05, 0.1) is 10.4 Å². The van der Waals surface area contributed by atoms with E-state index in [-0.39, 0.29) is 5.41 Å². The Balaban J connectivity index is 1.55. The predicted molar refractivity (Wildman–Crippen MR) is 128 cm³/mol. The molecule has 30 heavy (non-hydrogen) atoms. The van der Waals surface area contributed by atoms with E-state index in [9.17, 15) is 0 Å². The Morgan fingerprint density at radius 2 is 1.47 bits per heavy atom. The summed E-state index contributed by atoms with van der Waals surface area (Å²) in [6.45, 7) is 4.74. The molecule has 0 atom stereocenters. The molecule has 0 radical (unpaired) electrons. The maximum absolute atomic E-state index is 3.80. The second kappa shape index (κ2) is 5.75. The van der Waals surface area contributed by atoms with Crippen LogP contribution in [-0.4, -0.2) is 4.98 Å². The lowest BCUT2D eigenvalue weighted by Gasteiger charge is -2.22. The van der Waals surface area contributed by atoms with Crippen molar-refractivity contribution in [3.8, 4) is 11.1 Å². The van der Waals surface area contributed by atoms with Crippen molar-refractivity contribution in [3.63, 3.8) is 0 Å². The first-order valence-electron chi connectivity index (χ1n) is 10.3. The lowest BCUT2D eigenvalue weighted by Crippen LogP contribution is -2.15. The van der Waals surface area contributed by atoms with Crippen LogP contribution in [0.4, 0.5) is 0 Å². The third kappa shape index (κ3) is 2.07. The molecule has 5 aromatic rings. The number of rotatable bonds is 0. The fourth-order valence-corrected chi connectivity index (χ4v) is 7.67. The van der Waals surface area contributed by atoms with Crippen molar-refractivity contribution in [3.05, 3.63) is 83.9 Å². The standard InChI is InChI=1S/C27H19NS2/c1-27(2)18-8-4-3-7-15(18)16-11-13-19-23(24(16)27)17-12-14-22-26(25(17)28-19)30-21-10-6-5-9-20(21)29-22/h3-14,28H,1-2H3. The summed E-state index contributed by atoms with van der Waals surface area (Å²) in [5, 5.41) is 2.73. The molecule has 3 heteroatoms. The molecule has 0 amide bonds. The summed E-state index contributed by atoms with van der Waals surface area (Å²) < 4.78 is 0. The molecule has 0 bridgehead atoms. The lowest BCUT2D eigenvalue weighted by molar-refractivity contribution is 0.666. The van der Waals surface area contributed by atoms with Gasteiger partial charge < -0.3 is 4.98 Å². The zero-order valence-corrected chi connectivity index (χ0v) is 18.4. The van der Waals surface area contributed by atoms with Crippen molar-refractivity contribution in [2.24, 2.45) is 0 Å². The molecule has 1 N–H and O–H groups in total. The fraction of sp³-hybridized carbons (Fsp3) is 0.111. The number of aromatic amines is 1. The topological polar surface area (TPSA) is 15.8 Å². The molecule has 1 aliphatic heterocycles. The van der Waals surface area contributed by atoms with Crippen molar-refractivity contribution in [1.29, 1.82) is 0 Å². The molecule has 1 aromatic heterocycles. The molecule has 1 nitrogen and oxygen atoms in total. The fourth-order valence-electron chi connectivity index (χ4n) is 5.32. The van der Waals surface area contributed by atoms with Gasteiger partial charge in [-0.2, -0.15) is 0 Å². The van der Waals surface area contributed by atoms with E-state index in [2.05, 4.69) is 91.6 Å². The Kier molecular flexibility index (Phi) is 3.28. The van der Waals surface area contributed by atoms with E-state index in [1.165, 1.54) is 63.6 Å². The first-order chi connectivity index (χ1) is 14.6. The van der Waals surface area contributed by atoms with Gasteiger partial charge in [-0.05, 0) is 46.5 Å². The highest BCUT2D eigenvalue weighted by Gasteiger charge is 2.37. The summed E-state index contributed by atoms with van der Waals surface area (Å²) >= 11 is 3.78. The average Bonchev–Trinajstić information content (AvgIpc) is 3.26. The van der Waals surface area contributed by atoms with E-state index in [0.29, 0.717) is 0 Å². The molecular formula is C27H19NS2. The smallest absolute Gasteiger partial charge is 0.0618 e. The van der Waals surface area contributed by atoms with Gasteiger partial charge in [0.1, 0.15) is 0 Å². The van der Waals surface area contributed by atoms with Crippen molar-refractivity contribution < 1.29 is 0 Å². The van der Waals surface area contributed by atoms with E-state index in [1.807, 2.05) is 23.5 Å². The molecule has 144 valence electrons. The number of fused-ring (bicyclic) bond motifs is 10. The molecule has 0 unspecified atom stereocenters. The summed E-state index contributed by atoms with van der Waals surface area (Å²) in [6.07, 6.45) is 0. The third-order valence-electron chi connectivity index (χ3n) is 6.65. The van der Waals surface area contributed by atoms with Crippen LogP contribution in [-0.2, 0) is 5.41 Å². The number of H-pyrrole nitrogens is 1. The normalized spacial score (nSPS) is 15.7. The molecule has 0 fully saturated rings. The molecule has 2 aliphatic rings. The van der Waals surface area contributed by atoms with Crippen LogP contribution in [0.1, 0.15) is 25.0 Å². The summed E-state index contributed by atoms with van der Waals surface area (Å²) in [6, 6.07) is 26.8. The highest BCUT2D eigenvalue weighted by Crippen LogP contribution is 2.55. The summed E-state index contributed by atoms with van der Waals surface area (Å²) in [7, 11) is 0. The van der Waals surface area contributed by atoms with Gasteiger partial charge in [-0.15, -0.1) is 0 Å². The molecule has 1 aliphatic carbocycles. The summed E-state index contributed by atoms with van der Waals surface area (Å²) in [5.74, 6) is 0. The maximum Gasteiger partial charge on any atom is 0.0618 e. The minimum atomic E-state index is -0.00897. The minimum absolute atomic E-state index is 0.00897. The average molecular weight is 422 g/mol. The Morgan fingerprint density at radius 3 is 2.33 bits per heavy atom. The number of benzene rings is 4. The van der Waals surface area contributed by atoms with Crippen molar-refractivity contribution in [1.82, 2.24) is 4.98 Å². The Bertz CT molecular complexity index is 1520. The highest BCUT2D eigenvalue weighted by atomic mass is 32.2. The van der Waals surface area contributed by atoms with Crippen molar-refractivity contribution in [2.75, 3.05) is 0 Å². The molecule has 2 heterocycles. The Hall–Kier alpha value is -2.62. The first-order valence-corrected chi connectivity index (χ1v) is 11.9. The van der Waals surface area contributed by atoms with Crippen LogP contribution in [0.2, 0.25) is 0 Å². The molecule has 7 rings (SSSR count). The molecule has 0 saturated heterocycles. The van der Waals surface area contributed by atoms with Crippen LogP contribution in [0.15, 0.2) is 92.4 Å². The second-order valence-electron chi connectivity index (χ2n) is 8.67. The number of hydrogen-bond acceptors (Lipinski definition) is 2. The molecule has 0 saturated carbocycles. The second-order valence-corrected chi connectivity index (χ2v) is 10.8. The summed E-state index contributed by atoms with van der Waals surface area (Å²) in [5.41, 5.74) is 8.15. The molecule has 4 aromatic carbocycles. The zero-order valence-electron chi connectivity index (χ0n) is 16.7. The van der Waals surface area contributed by atoms with Crippen molar-refractivity contribution in [2.45, 2.75) is 38.8 Å². The maximum atomic E-state index is 3.80. The number of aromatic nitrogens is 1. The van der Waals surface area contributed by atoms with E-state index in [4.69, 9.17) is 0 Å². The first kappa shape index (κ1) is 17.1. The van der Waals surface area contributed by atoms with Gasteiger partial charge in [-0.1, -0.05) is 85.9 Å². The SMILES string of the molecule is CC1(C)c2ccccc2-c2ccc3[nH]c4c5c(ccc4c3c21)Sc1ccccc1S5. The van der Waals surface area contributed by atoms with E-state index >= 15 is 0 Å². The van der Waals surface area contributed by atoms with Gasteiger partial charge in [0.25, 0.3) is 0 Å². The lowest BCUT2D eigenvalue weighted by atomic mass is 9.80. The van der Waals surface area contributed by atoms with Crippen molar-refractivity contribution >= 4 is 45.3 Å². The molecule has 0 spiro atoms. The van der Waals surface area contributed by atoms with Gasteiger partial charge in [-0.3, -0.25) is 0 Å². The monoisotopic (exact) mass is 421 g/mol. The van der Waals surface area contributed by atoms with Gasteiger partial charge in [0.2, 0.25) is 0 Å². The predicted octanol–water partition coefficient (Wildman–Crippen LogP) is 8.24. The van der Waals surface area contributed by atoms with E-state index in [1.54, 1.807) is 0 Å². The molecular weight excluding hydrogens is 402 g/mol. The van der Waals surface area contributed by atoms with Gasteiger partial charge in [0, 0.05) is 36.4 Å². The highest BCUT2D eigenvalue weighted by molar-refractivity contribution is 8.05. The van der Waals surface area contributed by atoms with Crippen LogP contribution in [0.3, 0.4) is 0 Å². The van der Waals surface area contributed by atoms with E-state index < -0.39 is 0 Å². The largest absolute Gasteiger partial charge is 0.354 e. The van der Waals surface area contributed by atoms with Crippen LogP contribution < -0.4 is 0 Å². The zero-order chi connectivity index (χ0) is 20.0. The Labute approximate surface area is 183 Å². The quantitative estimate of drug-likeness (QED) is 0.266. The van der Waals surface area contributed by atoms with Gasteiger partial charge >= 0.3 is 0 Å². The van der Waals surface area contributed by atoms with E-state index in [0.717, 1.165) is 0 Å². The van der Waals surface area contributed by atoms with Gasteiger partial charge in [0.15, 0.2) is 0 Å². The summed E-state index contributed by atoms with van der Waals surface area (Å²) in [4.78, 5) is 9.19. The minimum Gasteiger partial charge on any atom is -0.354 e. The van der Waals surface area contributed by atoms with Crippen LogP contribution in [0, 0.1) is 0 Å². The Morgan fingerprint density at radius 1 is 0.700 bits per heavy atom. The van der Waals surface area contributed by atoms with Gasteiger partial charge in [-0.25, -0.2) is 0 Å². The number of hydrogen-bond donors (Lipinski definition) is 1. The number of nitrogens with one attached hydrogen (secondary N) is 1. The third-order valence-corrected chi connectivity index (χ3v) is 9.25.